The molecule has 1 heterocycles. The lowest BCUT2D eigenvalue weighted by atomic mass is 10.0. The number of hydrogen-bond donors (Lipinski definition) is 1. The first-order valence-corrected chi connectivity index (χ1v) is 9.70. The van der Waals surface area contributed by atoms with Gasteiger partial charge in [-0.2, -0.15) is 0 Å². The van der Waals surface area contributed by atoms with E-state index in [0.717, 1.165) is 27.7 Å². The van der Waals surface area contributed by atoms with Crippen molar-refractivity contribution >= 4 is 27.6 Å². The van der Waals surface area contributed by atoms with Crippen molar-refractivity contribution in [3.05, 3.63) is 71.9 Å². The highest BCUT2D eigenvalue weighted by atomic mass is 16.5. The summed E-state index contributed by atoms with van der Waals surface area (Å²) in [6, 6.07) is 18.9. The lowest BCUT2D eigenvalue weighted by Gasteiger charge is -2.12. The molecule has 3 aromatic carbocycles. The lowest BCUT2D eigenvalue weighted by molar-refractivity contribution is 0.0527. The van der Waals surface area contributed by atoms with Gasteiger partial charge in [-0.3, -0.25) is 0 Å². The van der Waals surface area contributed by atoms with Gasteiger partial charge in [-0.15, -0.1) is 0 Å². The van der Waals surface area contributed by atoms with Gasteiger partial charge in [-0.1, -0.05) is 42.5 Å². The van der Waals surface area contributed by atoms with E-state index in [9.17, 15) is 9.90 Å². The van der Waals surface area contributed by atoms with E-state index in [1.54, 1.807) is 13.0 Å². The third-order valence-electron chi connectivity index (χ3n) is 5.11. The molecule has 0 aliphatic rings. The minimum atomic E-state index is -0.382. The fourth-order valence-corrected chi connectivity index (χ4v) is 3.83. The van der Waals surface area contributed by atoms with Crippen LogP contribution in [0.1, 0.15) is 23.0 Å². The monoisotopic (exact) mass is 389 g/mol. The van der Waals surface area contributed by atoms with Crippen LogP contribution in [0.4, 0.5) is 0 Å². The van der Waals surface area contributed by atoms with Crippen molar-refractivity contribution < 1.29 is 19.4 Å². The van der Waals surface area contributed by atoms with Crippen molar-refractivity contribution in [2.24, 2.45) is 0 Å². The van der Waals surface area contributed by atoms with Gasteiger partial charge in [0, 0.05) is 21.9 Å². The van der Waals surface area contributed by atoms with Gasteiger partial charge in [0.15, 0.2) is 0 Å². The molecule has 29 heavy (non-hydrogen) atoms. The number of phenols is 1. The molecular weight excluding hydrogens is 366 g/mol. The molecule has 0 saturated carbocycles. The van der Waals surface area contributed by atoms with E-state index in [4.69, 9.17) is 9.47 Å². The summed E-state index contributed by atoms with van der Waals surface area (Å²) in [4.78, 5) is 12.7. The largest absolute Gasteiger partial charge is 0.507 e. The molecule has 5 heteroatoms. The number of para-hydroxylation sites is 1. The Labute approximate surface area is 169 Å². The highest BCUT2D eigenvalue weighted by Gasteiger charge is 2.23. The Kier molecular flexibility index (Phi) is 5.12. The first-order valence-electron chi connectivity index (χ1n) is 9.70. The number of aromatic hydroxyl groups is 1. The van der Waals surface area contributed by atoms with Gasteiger partial charge in [0.2, 0.25) is 0 Å². The zero-order chi connectivity index (χ0) is 20.4. The molecule has 0 bridgehead atoms. The van der Waals surface area contributed by atoms with Gasteiger partial charge in [0.05, 0.1) is 24.2 Å². The van der Waals surface area contributed by atoms with Crippen molar-refractivity contribution in [1.29, 1.82) is 0 Å². The molecule has 0 amide bonds. The van der Waals surface area contributed by atoms with Gasteiger partial charge in [-0.25, -0.2) is 4.79 Å². The van der Waals surface area contributed by atoms with Crippen molar-refractivity contribution in [3.8, 4) is 11.5 Å². The minimum absolute atomic E-state index is 0.149. The number of ether oxygens (including phenoxy) is 2. The average Bonchev–Trinajstić information content (AvgIpc) is 3.01. The number of hydrogen-bond acceptors (Lipinski definition) is 4. The quantitative estimate of drug-likeness (QED) is 0.468. The van der Waals surface area contributed by atoms with Crippen molar-refractivity contribution in [3.63, 3.8) is 0 Å². The maximum atomic E-state index is 12.7. The molecule has 0 saturated heterocycles. The summed E-state index contributed by atoms with van der Waals surface area (Å²) in [6.07, 6.45) is 0. The van der Waals surface area contributed by atoms with Crippen LogP contribution in [0.25, 0.3) is 21.7 Å². The highest BCUT2D eigenvalue weighted by molar-refractivity contribution is 6.16. The van der Waals surface area contributed by atoms with E-state index in [1.165, 1.54) is 0 Å². The number of carbonyl (C=O) groups excluding carboxylic acids is 1. The number of aromatic nitrogens is 1. The maximum Gasteiger partial charge on any atom is 0.340 e. The number of phenolic OH excluding ortho intramolecular Hbond substituents is 1. The number of rotatable bonds is 6. The Hall–Kier alpha value is -3.47. The van der Waals surface area contributed by atoms with Crippen LogP contribution in [-0.2, 0) is 11.3 Å². The molecule has 0 atom stereocenters. The third-order valence-corrected chi connectivity index (χ3v) is 5.11. The van der Waals surface area contributed by atoms with Crippen LogP contribution in [0.15, 0.2) is 60.7 Å². The molecule has 4 rings (SSSR count). The molecule has 0 radical (unpaired) electrons. The molecule has 1 aromatic heterocycles. The summed E-state index contributed by atoms with van der Waals surface area (Å²) >= 11 is 0. The number of esters is 1. The third kappa shape index (κ3) is 3.40. The van der Waals surface area contributed by atoms with E-state index in [0.29, 0.717) is 30.7 Å². The van der Waals surface area contributed by atoms with E-state index in [1.807, 2.05) is 61.5 Å². The first-order chi connectivity index (χ1) is 14.1. The Morgan fingerprint density at radius 3 is 2.41 bits per heavy atom. The Morgan fingerprint density at radius 2 is 1.69 bits per heavy atom. The molecule has 148 valence electrons. The van der Waals surface area contributed by atoms with Gasteiger partial charge in [0.25, 0.3) is 0 Å². The summed E-state index contributed by atoms with van der Waals surface area (Å²) in [7, 11) is 0. The minimum Gasteiger partial charge on any atom is -0.507 e. The van der Waals surface area contributed by atoms with Gasteiger partial charge >= 0.3 is 5.97 Å². The summed E-state index contributed by atoms with van der Waals surface area (Å²) in [5, 5.41) is 12.9. The first kappa shape index (κ1) is 18.9. The molecule has 0 fully saturated rings. The fourth-order valence-electron chi connectivity index (χ4n) is 3.83. The van der Waals surface area contributed by atoms with E-state index in [2.05, 4.69) is 4.57 Å². The van der Waals surface area contributed by atoms with Crippen molar-refractivity contribution in [2.45, 2.75) is 20.4 Å². The lowest BCUT2D eigenvalue weighted by Crippen LogP contribution is -2.11. The number of nitrogens with zero attached hydrogens (tertiary/aromatic N) is 1. The Balaban J connectivity index is 1.84. The van der Waals surface area contributed by atoms with Gasteiger partial charge < -0.3 is 19.1 Å². The van der Waals surface area contributed by atoms with Crippen LogP contribution in [0.3, 0.4) is 0 Å². The van der Waals surface area contributed by atoms with Crippen LogP contribution in [0.5, 0.6) is 11.5 Å². The molecular formula is C24H23NO4. The van der Waals surface area contributed by atoms with E-state index >= 15 is 0 Å². The molecule has 1 N–H and O–H groups in total. The van der Waals surface area contributed by atoms with Gasteiger partial charge in [0.1, 0.15) is 18.1 Å². The second-order valence-corrected chi connectivity index (χ2v) is 6.83. The molecule has 0 aliphatic heterocycles. The second-order valence-electron chi connectivity index (χ2n) is 6.83. The summed E-state index contributed by atoms with van der Waals surface area (Å²) in [5.41, 5.74) is 2.18. The summed E-state index contributed by atoms with van der Waals surface area (Å²) < 4.78 is 13.2. The van der Waals surface area contributed by atoms with Gasteiger partial charge in [-0.05, 0) is 32.0 Å². The molecule has 4 aromatic rings. The summed E-state index contributed by atoms with van der Waals surface area (Å²) in [6.45, 7) is 4.99. The van der Waals surface area contributed by atoms with Crippen LogP contribution in [0, 0.1) is 6.92 Å². The molecule has 0 spiro atoms. The average molecular weight is 389 g/mol. The fraction of sp³-hybridized carbons (Fsp3) is 0.208. The maximum absolute atomic E-state index is 12.7. The Bertz CT molecular complexity index is 1180. The number of benzene rings is 3. The zero-order valence-electron chi connectivity index (χ0n) is 16.5. The standard InChI is InChI=1S/C24H23NO4/c1-3-28-24(27)22-16(2)25(13-14-29-17-9-5-4-6-10-17)23-19-12-8-7-11-18(19)21(26)15-20(22)23/h4-12,15,26H,3,13-14H2,1-2H3. The van der Waals surface area contributed by atoms with Crippen LogP contribution in [0.2, 0.25) is 0 Å². The number of carbonyl (C=O) groups is 1. The predicted octanol–water partition coefficient (Wildman–Crippen LogP) is 5.06. The topological polar surface area (TPSA) is 60.7 Å². The molecule has 0 unspecified atom stereocenters. The van der Waals surface area contributed by atoms with Crippen molar-refractivity contribution in [2.75, 3.05) is 13.2 Å². The second kappa shape index (κ2) is 7.87. The predicted molar refractivity (Wildman–Crippen MR) is 114 cm³/mol. The highest BCUT2D eigenvalue weighted by Crippen LogP contribution is 2.37. The van der Waals surface area contributed by atoms with Crippen LogP contribution < -0.4 is 4.74 Å². The van der Waals surface area contributed by atoms with Crippen LogP contribution in [-0.4, -0.2) is 28.9 Å². The SMILES string of the molecule is CCOC(=O)c1c(C)n(CCOc2ccccc2)c2c1cc(O)c1ccccc12. The molecule has 0 aliphatic carbocycles. The van der Waals surface area contributed by atoms with E-state index in [-0.39, 0.29) is 11.7 Å². The van der Waals surface area contributed by atoms with Crippen LogP contribution >= 0.6 is 0 Å². The van der Waals surface area contributed by atoms with E-state index < -0.39 is 0 Å². The normalized spacial score (nSPS) is 11.1. The smallest absolute Gasteiger partial charge is 0.340 e. The molecule has 5 nitrogen and oxygen atoms in total. The zero-order valence-corrected chi connectivity index (χ0v) is 16.5. The van der Waals surface area contributed by atoms with Crippen molar-refractivity contribution in [1.82, 2.24) is 4.57 Å². The number of fused-ring (bicyclic) bond motifs is 3. The summed E-state index contributed by atoms with van der Waals surface area (Å²) in [5.74, 6) is 0.568. The Morgan fingerprint density at radius 1 is 1.00 bits per heavy atom.